The van der Waals surface area contributed by atoms with Crippen LogP contribution in [0.4, 0.5) is 0 Å². The van der Waals surface area contributed by atoms with Crippen LogP contribution in [0, 0.1) is 0 Å². The Morgan fingerprint density at radius 3 is 1.08 bits per heavy atom. The zero-order valence-electron chi connectivity index (χ0n) is 7.56. The van der Waals surface area contributed by atoms with E-state index in [0.29, 0.717) is 0 Å². The first kappa shape index (κ1) is 17.3. The van der Waals surface area contributed by atoms with Crippen molar-refractivity contribution in [1.82, 2.24) is 0 Å². The largest absolute Gasteiger partial charge is 0.478 e. The molecule has 0 rings (SSSR count). The number of carboxylic acid groups (broad SMARTS) is 2. The zero-order chi connectivity index (χ0) is 11.3. The summed E-state index contributed by atoms with van der Waals surface area (Å²) in [4.78, 5) is 18.5. The van der Waals surface area contributed by atoms with Gasteiger partial charge in [0.15, 0.2) is 0 Å². The van der Waals surface area contributed by atoms with Gasteiger partial charge in [-0.2, -0.15) is 0 Å². The van der Waals surface area contributed by atoms with E-state index in [1.165, 1.54) is 0 Å². The highest BCUT2D eigenvalue weighted by Gasteiger charge is 1.73. The minimum absolute atomic E-state index is 0.833. The van der Waals surface area contributed by atoms with Crippen molar-refractivity contribution >= 4 is 11.9 Å². The molecule has 0 radical (unpaired) electrons. The van der Waals surface area contributed by atoms with E-state index in [2.05, 4.69) is 19.7 Å². The Hall–Kier alpha value is -1.84. The summed E-state index contributed by atoms with van der Waals surface area (Å²) in [5.74, 6) is -1.96. The van der Waals surface area contributed by atoms with Crippen LogP contribution in [0.3, 0.4) is 0 Å². The zero-order valence-corrected chi connectivity index (χ0v) is 7.56. The molecule has 0 aliphatic rings. The van der Waals surface area contributed by atoms with Crippen LogP contribution in [0.1, 0.15) is 6.92 Å². The molecule has 0 heterocycles. The SMILES string of the molecule is C=CC.C=CC(=O)O.C=CC(=O)O. The lowest BCUT2D eigenvalue weighted by molar-refractivity contribution is -0.132. The average molecular weight is 186 g/mol. The molecule has 0 bridgehead atoms. The molecule has 74 valence electrons. The quantitative estimate of drug-likeness (QED) is 0.508. The van der Waals surface area contributed by atoms with Crippen molar-refractivity contribution in [3.63, 3.8) is 0 Å². The van der Waals surface area contributed by atoms with Crippen LogP contribution in [-0.4, -0.2) is 22.2 Å². The van der Waals surface area contributed by atoms with Gasteiger partial charge in [0, 0.05) is 12.2 Å². The topological polar surface area (TPSA) is 74.6 Å². The molecule has 0 aromatic heterocycles. The molecule has 0 unspecified atom stereocenters. The lowest BCUT2D eigenvalue weighted by atomic mass is 10.7. The number of carbonyl (C=O) groups is 2. The summed E-state index contributed by atoms with van der Waals surface area (Å²) in [7, 11) is 0. The first-order valence-corrected chi connectivity index (χ1v) is 3.23. The number of hydrogen-bond donors (Lipinski definition) is 2. The van der Waals surface area contributed by atoms with Gasteiger partial charge in [0.05, 0.1) is 0 Å². The van der Waals surface area contributed by atoms with Gasteiger partial charge in [-0.05, 0) is 6.92 Å². The molecule has 2 N–H and O–H groups in total. The van der Waals surface area contributed by atoms with Crippen molar-refractivity contribution in [2.75, 3.05) is 0 Å². The van der Waals surface area contributed by atoms with Crippen LogP contribution < -0.4 is 0 Å². The smallest absolute Gasteiger partial charge is 0.327 e. The van der Waals surface area contributed by atoms with Gasteiger partial charge in [-0.15, -0.1) is 6.58 Å². The van der Waals surface area contributed by atoms with Gasteiger partial charge < -0.3 is 10.2 Å². The fraction of sp³-hybridized carbons (Fsp3) is 0.111. The molecule has 0 fully saturated rings. The van der Waals surface area contributed by atoms with E-state index in [1.54, 1.807) is 6.08 Å². The second kappa shape index (κ2) is 16.6. The molecule has 0 aliphatic carbocycles. The van der Waals surface area contributed by atoms with E-state index in [4.69, 9.17) is 10.2 Å². The summed E-state index contributed by atoms with van der Waals surface area (Å²) in [6.45, 7) is 11.2. The Morgan fingerprint density at radius 1 is 1.00 bits per heavy atom. The van der Waals surface area contributed by atoms with Crippen molar-refractivity contribution in [2.45, 2.75) is 6.92 Å². The minimum Gasteiger partial charge on any atom is -0.478 e. The molecule has 0 spiro atoms. The average Bonchev–Trinajstić information content (AvgIpc) is 2.07. The van der Waals surface area contributed by atoms with Crippen LogP contribution in [-0.2, 0) is 9.59 Å². The van der Waals surface area contributed by atoms with E-state index >= 15 is 0 Å². The predicted molar refractivity (Wildman–Crippen MR) is 51.5 cm³/mol. The summed E-state index contributed by atoms with van der Waals surface area (Å²) >= 11 is 0. The second-order valence-electron chi connectivity index (χ2n) is 1.49. The highest BCUT2D eigenvalue weighted by Crippen LogP contribution is 1.55. The molecule has 4 heteroatoms. The van der Waals surface area contributed by atoms with Crippen molar-refractivity contribution in [3.8, 4) is 0 Å². The molecular formula is C9H14O4. The normalized spacial score (nSPS) is 5.92. The van der Waals surface area contributed by atoms with Gasteiger partial charge in [0.25, 0.3) is 0 Å². The summed E-state index contributed by atoms with van der Waals surface area (Å²) in [6, 6.07) is 0. The second-order valence-corrected chi connectivity index (χ2v) is 1.49. The molecule has 0 aliphatic heterocycles. The van der Waals surface area contributed by atoms with Crippen LogP contribution in [0.25, 0.3) is 0 Å². The highest BCUT2D eigenvalue weighted by molar-refractivity contribution is 5.79. The maximum atomic E-state index is 9.25. The van der Waals surface area contributed by atoms with E-state index in [1.807, 2.05) is 6.92 Å². The Balaban J connectivity index is -0.000000120. The minimum atomic E-state index is -0.981. The summed E-state index contributed by atoms with van der Waals surface area (Å²) in [5.41, 5.74) is 0. The fourth-order valence-electron chi connectivity index (χ4n) is 0. The van der Waals surface area contributed by atoms with Crippen molar-refractivity contribution in [3.05, 3.63) is 38.0 Å². The van der Waals surface area contributed by atoms with Crippen molar-refractivity contribution in [1.29, 1.82) is 0 Å². The Kier molecular flexibility index (Phi) is 22.1. The lowest BCUT2D eigenvalue weighted by Gasteiger charge is -1.64. The van der Waals surface area contributed by atoms with E-state index in [-0.39, 0.29) is 0 Å². The molecule has 13 heavy (non-hydrogen) atoms. The molecule has 0 amide bonds. The summed E-state index contributed by atoms with van der Waals surface area (Å²) in [6.07, 6.45) is 3.42. The third-order valence-corrected chi connectivity index (χ3v) is 0.349. The summed E-state index contributed by atoms with van der Waals surface area (Å²) < 4.78 is 0. The molecule has 0 saturated heterocycles. The van der Waals surface area contributed by atoms with Gasteiger partial charge in [-0.25, -0.2) is 9.59 Å². The maximum Gasteiger partial charge on any atom is 0.327 e. The highest BCUT2D eigenvalue weighted by atomic mass is 16.4. The monoisotopic (exact) mass is 186 g/mol. The van der Waals surface area contributed by atoms with Gasteiger partial charge in [0.1, 0.15) is 0 Å². The number of carboxylic acids is 2. The first-order chi connectivity index (χ1) is 5.95. The maximum absolute atomic E-state index is 9.25. The molecule has 0 atom stereocenters. The van der Waals surface area contributed by atoms with Crippen LogP contribution in [0.5, 0.6) is 0 Å². The van der Waals surface area contributed by atoms with Crippen LogP contribution in [0.15, 0.2) is 38.0 Å². The Labute approximate surface area is 77.5 Å². The standard InChI is InChI=1S/2C3H4O2.C3H6/c2*1-2-3(4)5;1-3-2/h2*2H,1H2,(H,4,5);3H,1H2,2H3. The molecule has 0 aromatic rings. The predicted octanol–water partition coefficient (Wildman–Crippen LogP) is 1.71. The first-order valence-electron chi connectivity index (χ1n) is 3.23. The van der Waals surface area contributed by atoms with E-state index in [0.717, 1.165) is 12.2 Å². The van der Waals surface area contributed by atoms with Crippen molar-refractivity contribution < 1.29 is 19.8 Å². The van der Waals surface area contributed by atoms with Gasteiger partial charge >= 0.3 is 11.9 Å². The molecule has 0 aromatic carbocycles. The van der Waals surface area contributed by atoms with Gasteiger partial charge in [-0.3, -0.25) is 0 Å². The summed E-state index contributed by atoms with van der Waals surface area (Å²) in [5, 5.41) is 15.2. The van der Waals surface area contributed by atoms with Gasteiger partial charge in [-0.1, -0.05) is 19.2 Å². The fourth-order valence-corrected chi connectivity index (χ4v) is 0. The van der Waals surface area contributed by atoms with Crippen LogP contribution >= 0.6 is 0 Å². The molecule has 4 nitrogen and oxygen atoms in total. The lowest BCUT2D eigenvalue weighted by Crippen LogP contribution is -1.82. The number of hydrogen-bond acceptors (Lipinski definition) is 2. The molecular weight excluding hydrogens is 172 g/mol. The number of aliphatic carboxylic acids is 2. The Bertz CT molecular complexity index is 164. The molecule has 0 saturated carbocycles. The third kappa shape index (κ3) is 145. The van der Waals surface area contributed by atoms with E-state index < -0.39 is 11.9 Å². The van der Waals surface area contributed by atoms with Crippen LogP contribution in [0.2, 0.25) is 0 Å². The number of rotatable bonds is 2. The third-order valence-electron chi connectivity index (χ3n) is 0.349. The van der Waals surface area contributed by atoms with Crippen molar-refractivity contribution in [2.24, 2.45) is 0 Å². The van der Waals surface area contributed by atoms with E-state index in [9.17, 15) is 9.59 Å². The Morgan fingerprint density at radius 2 is 1.08 bits per heavy atom. The van der Waals surface area contributed by atoms with Gasteiger partial charge in [0.2, 0.25) is 0 Å². The number of allylic oxidation sites excluding steroid dienone is 1.